The van der Waals surface area contributed by atoms with Crippen LogP contribution in [0.4, 0.5) is 0 Å². The van der Waals surface area contributed by atoms with Crippen molar-refractivity contribution in [1.29, 1.82) is 5.26 Å². The van der Waals surface area contributed by atoms with E-state index in [2.05, 4.69) is 6.07 Å². The van der Waals surface area contributed by atoms with Gasteiger partial charge in [0, 0.05) is 10.9 Å². The first-order valence-electron chi connectivity index (χ1n) is 8.41. The van der Waals surface area contributed by atoms with Crippen molar-refractivity contribution >= 4 is 16.7 Å². The van der Waals surface area contributed by atoms with Crippen molar-refractivity contribution in [2.75, 3.05) is 7.11 Å². The molecule has 0 unspecified atom stereocenters. The van der Waals surface area contributed by atoms with Gasteiger partial charge in [-0.05, 0) is 23.1 Å². The molecule has 5 nitrogen and oxygen atoms in total. The third-order valence-electron chi connectivity index (χ3n) is 4.77. The molecule has 0 aliphatic carbocycles. The van der Waals surface area contributed by atoms with Gasteiger partial charge >= 0.3 is 5.97 Å². The van der Waals surface area contributed by atoms with E-state index in [4.69, 9.17) is 15.2 Å². The Morgan fingerprint density at radius 1 is 1.11 bits per heavy atom. The fourth-order valence-corrected chi connectivity index (χ4v) is 3.46. The molecule has 5 heteroatoms. The van der Waals surface area contributed by atoms with Crippen LogP contribution in [0.2, 0.25) is 0 Å². The van der Waals surface area contributed by atoms with E-state index in [1.54, 1.807) is 12.1 Å². The number of nitrogens with two attached hydrogens (primary N) is 1. The Kier molecular flexibility index (Phi) is 4.02. The summed E-state index contributed by atoms with van der Waals surface area (Å²) >= 11 is 0. The summed E-state index contributed by atoms with van der Waals surface area (Å²) in [7, 11) is 1.34. The highest BCUT2D eigenvalue weighted by Gasteiger charge is 2.31. The summed E-state index contributed by atoms with van der Waals surface area (Å²) in [5.41, 5.74) is 8.60. The van der Waals surface area contributed by atoms with Crippen molar-refractivity contribution < 1.29 is 14.3 Å². The highest BCUT2D eigenvalue weighted by molar-refractivity contribution is 5.91. The van der Waals surface area contributed by atoms with Crippen LogP contribution in [0, 0.1) is 11.3 Å². The molecule has 0 bridgehead atoms. The Hall–Kier alpha value is -3.78. The molecule has 0 spiro atoms. The van der Waals surface area contributed by atoms with Crippen molar-refractivity contribution in [3.63, 3.8) is 0 Å². The lowest BCUT2D eigenvalue weighted by atomic mass is 9.82. The number of allylic oxidation sites excluding steroid dienone is 1. The summed E-state index contributed by atoms with van der Waals surface area (Å²) in [4.78, 5) is 11.7. The predicted molar refractivity (Wildman–Crippen MR) is 101 cm³/mol. The zero-order valence-corrected chi connectivity index (χ0v) is 14.6. The molecular weight excluding hydrogens is 340 g/mol. The predicted octanol–water partition coefficient (Wildman–Crippen LogP) is 3.84. The van der Waals surface area contributed by atoms with Gasteiger partial charge in [0.25, 0.3) is 0 Å². The lowest BCUT2D eigenvalue weighted by Crippen LogP contribution is -2.21. The van der Waals surface area contributed by atoms with Crippen LogP contribution in [0.15, 0.2) is 72.1 Å². The van der Waals surface area contributed by atoms with Crippen molar-refractivity contribution in [3.8, 4) is 11.8 Å². The first kappa shape index (κ1) is 16.7. The van der Waals surface area contributed by atoms with E-state index >= 15 is 0 Å². The molecule has 2 N–H and O–H groups in total. The zero-order valence-electron chi connectivity index (χ0n) is 14.6. The molecule has 1 aliphatic heterocycles. The lowest BCUT2D eigenvalue weighted by molar-refractivity contribution is 0.0600. The maximum Gasteiger partial charge on any atom is 0.337 e. The first-order valence-corrected chi connectivity index (χ1v) is 8.41. The number of nitriles is 1. The summed E-state index contributed by atoms with van der Waals surface area (Å²) in [6, 6.07) is 21.0. The van der Waals surface area contributed by atoms with E-state index in [9.17, 15) is 10.1 Å². The minimum absolute atomic E-state index is 0.100. The third kappa shape index (κ3) is 2.68. The summed E-state index contributed by atoms with van der Waals surface area (Å²) < 4.78 is 10.6. The number of esters is 1. The smallest absolute Gasteiger partial charge is 0.337 e. The molecule has 27 heavy (non-hydrogen) atoms. The maximum absolute atomic E-state index is 11.7. The second-order valence-electron chi connectivity index (χ2n) is 6.24. The number of hydrogen-bond donors (Lipinski definition) is 1. The minimum atomic E-state index is -0.407. The summed E-state index contributed by atoms with van der Waals surface area (Å²) in [6.45, 7) is 0. The van der Waals surface area contributed by atoms with Crippen LogP contribution >= 0.6 is 0 Å². The Morgan fingerprint density at radius 2 is 1.85 bits per heavy atom. The SMILES string of the molecule is COC(=O)c1ccc([C@@H]2C(C#N)=C(N)Oc3c2ccc2ccccc32)cc1. The monoisotopic (exact) mass is 356 g/mol. The number of hydrogen-bond acceptors (Lipinski definition) is 5. The van der Waals surface area contributed by atoms with Gasteiger partial charge in [-0.25, -0.2) is 4.79 Å². The van der Waals surface area contributed by atoms with Crippen LogP contribution in [-0.2, 0) is 4.74 Å². The summed E-state index contributed by atoms with van der Waals surface area (Å²) in [5, 5.41) is 11.6. The van der Waals surface area contributed by atoms with Crippen LogP contribution in [0.25, 0.3) is 10.8 Å². The molecule has 0 saturated carbocycles. The average Bonchev–Trinajstić information content (AvgIpc) is 2.72. The molecule has 0 amide bonds. The van der Waals surface area contributed by atoms with E-state index in [0.29, 0.717) is 16.9 Å². The normalized spacial score (nSPS) is 15.6. The largest absolute Gasteiger partial charge is 0.465 e. The second kappa shape index (κ2) is 6.50. The van der Waals surface area contributed by atoms with E-state index in [0.717, 1.165) is 21.9 Å². The molecule has 3 aromatic carbocycles. The van der Waals surface area contributed by atoms with Crippen molar-refractivity contribution in [2.24, 2.45) is 5.73 Å². The van der Waals surface area contributed by atoms with Crippen LogP contribution in [0.1, 0.15) is 27.4 Å². The van der Waals surface area contributed by atoms with Crippen molar-refractivity contribution in [3.05, 3.63) is 88.8 Å². The van der Waals surface area contributed by atoms with Crippen LogP contribution in [0.5, 0.6) is 5.75 Å². The van der Waals surface area contributed by atoms with E-state index in [1.165, 1.54) is 7.11 Å². The number of fused-ring (bicyclic) bond motifs is 3. The van der Waals surface area contributed by atoms with Gasteiger partial charge in [0.1, 0.15) is 17.4 Å². The average molecular weight is 356 g/mol. The molecule has 4 rings (SSSR count). The molecule has 0 saturated heterocycles. The highest BCUT2D eigenvalue weighted by Crippen LogP contribution is 2.45. The Bertz CT molecular complexity index is 1120. The molecule has 3 aromatic rings. The molecule has 0 fully saturated rings. The molecule has 0 radical (unpaired) electrons. The van der Waals surface area contributed by atoms with Gasteiger partial charge in [-0.1, -0.05) is 48.5 Å². The van der Waals surface area contributed by atoms with Gasteiger partial charge in [-0.3, -0.25) is 0 Å². The van der Waals surface area contributed by atoms with Gasteiger partial charge in [0.15, 0.2) is 0 Å². The molecule has 132 valence electrons. The number of carbonyl (C=O) groups is 1. The fourth-order valence-electron chi connectivity index (χ4n) is 3.46. The fraction of sp³-hybridized carbons (Fsp3) is 0.0909. The van der Waals surface area contributed by atoms with Gasteiger partial charge in [-0.2, -0.15) is 5.26 Å². The summed E-state index contributed by atoms with van der Waals surface area (Å²) in [6.07, 6.45) is 0. The Morgan fingerprint density at radius 3 is 2.56 bits per heavy atom. The third-order valence-corrected chi connectivity index (χ3v) is 4.77. The van der Waals surface area contributed by atoms with Gasteiger partial charge in [0.05, 0.1) is 18.6 Å². The highest BCUT2D eigenvalue weighted by atomic mass is 16.5. The van der Waals surface area contributed by atoms with Crippen molar-refractivity contribution in [1.82, 2.24) is 0 Å². The number of ether oxygens (including phenoxy) is 2. The van der Waals surface area contributed by atoms with Crippen LogP contribution in [0.3, 0.4) is 0 Å². The molecule has 1 atom stereocenters. The molecular formula is C22H16N2O3. The zero-order chi connectivity index (χ0) is 19.0. The number of rotatable bonds is 2. The van der Waals surface area contributed by atoms with Crippen molar-refractivity contribution in [2.45, 2.75) is 5.92 Å². The first-order chi connectivity index (χ1) is 13.1. The number of nitrogens with zero attached hydrogens (tertiary/aromatic N) is 1. The lowest BCUT2D eigenvalue weighted by Gasteiger charge is -2.27. The van der Waals surface area contributed by atoms with E-state index < -0.39 is 5.97 Å². The number of carbonyl (C=O) groups excluding carboxylic acids is 1. The topological polar surface area (TPSA) is 85.3 Å². The molecule has 1 heterocycles. The molecule has 1 aliphatic rings. The quantitative estimate of drug-likeness (QED) is 0.705. The van der Waals surface area contributed by atoms with Gasteiger partial charge < -0.3 is 15.2 Å². The second-order valence-corrected chi connectivity index (χ2v) is 6.24. The van der Waals surface area contributed by atoms with E-state index in [-0.39, 0.29) is 11.8 Å². The summed E-state index contributed by atoms with van der Waals surface area (Å²) in [5.74, 6) is -0.0134. The van der Waals surface area contributed by atoms with Gasteiger partial charge in [-0.15, -0.1) is 0 Å². The minimum Gasteiger partial charge on any atom is -0.465 e. The van der Waals surface area contributed by atoms with Crippen LogP contribution in [-0.4, -0.2) is 13.1 Å². The standard InChI is InChI=1S/C22H16N2O3/c1-26-22(25)15-8-6-14(7-9-15)19-17-11-10-13-4-2-3-5-16(13)20(17)27-21(24)18(19)12-23/h2-11,19H,24H2,1H3/t19-/m0/s1. The van der Waals surface area contributed by atoms with E-state index in [1.807, 2.05) is 48.5 Å². The van der Waals surface area contributed by atoms with Gasteiger partial charge in [0.2, 0.25) is 5.88 Å². The Balaban J connectivity index is 1.90. The molecule has 0 aromatic heterocycles. The number of benzene rings is 3. The Labute approximate surface area is 156 Å². The maximum atomic E-state index is 11.7. The number of methoxy groups -OCH3 is 1. The van der Waals surface area contributed by atoms with Crippen LogP contribution < -0.4 is 10.5 Å².